The summed E-state index contributed by atoms with van der Waals surface area (Å²) < 4.78 is 11.2. The minimum Gasteiger partial charge on any atom is -0.481 e. The maximum atomic E-state index is 12.8. The molecule has 3 aromatic rings. The van der Waals surface area contributed by atoms with E-state index < -0.39 is 6.10 Å². The third-order valence-electron chi connectivity index (χ3n) is 5.28. The van der Waals surface area contributed by atoms with E-state index in [1.807, 2.05) is 18.2 Å². The molecule has 6 nitrogen and oxygen atoms in total. The number of ether oxygens (including phenoxy) is 1. The maximum absolute atomic E-state index is 12.8. The number of hydrogen-bond acceptors (Lipinski definition) is 5. The first-order valence-corrected chi connectivity index (χ1v) is 10.5. The Morgan fingerprint density at radius 2 is 2.00 bits per heavy atom. The third-order valence-corrected chi connectivity index (χ3v) is 5.52. The van der Waals surface area contributed by atoms with Crippen LogP contribution in [0.1, 0.15) is 36.8 Å². The van der Waals surface area contributed by atoms with E-state index in [9.17, 15) is 4.79 Å². The monoisotopic (exact) mass is 425 g/mol. The van der Waals surface area contributed by atoms with Crippen LogP contribution in [0.2, 0.25) is 5.02 Å². The quantitative estimate of drug-likeness (QED) is 0.572. The van der Waals surface area contributed by atoms with E-state index in [1.165, 1.54) is 28.9 Å². The van der Waals surface area contributed by atoms with E-state index in [1.54, 1.807) is 26.1 Å². The lowest BCUT2D eigenvalue weighted by Crippen LogP contribution is -2.37. The molecule has 1 atom stereocenters. The minimum absolute atomic E-state index is 0.157. The van der Waals surface area contributed by atoms with Crippen LogP contribution in [0.5, 0.6) is 5.75 Å². The Bertz CT molecular complexity index is 1050. The Morgan fingerprint density at radius 1 is 1.20 bits per heavy atom. The van der Waals surface area contributed by atoms with E-state index in [2.05, 4.69) is 22.3 Å². The number of fused-ring (bicyclic) bond motifs is 1. The molecular formula is C23H24ClN3O3. The summed E-state index contributed by atoms with van der Waals surface area (Å²) in [5.74, 6) is 1.36. The second-order valence-electron chi connectivity index (χ2n) is 7.61. The lowest BCUT2D eigenvalue weighted by atomic mass is 9.92. The van der Waals surface area contributed by atoms with Crippen molar-refractivity contribution in [3.63, 3.8) is 0 Å². The summed E-state index contributed by atoms with van der Waals surface area (Å²) in [5.41, 5.74) is 3.47. The molecule has 0 radical (unpaired) electrons. The highest BCUT2D eigenvalue weighted by Crippen LogP contribution is 2.26. The normalized spacial score (nSPS) is 14.1. The Morgan fingerprint density at radius 3 is 2.80 bits per heavy atom. The predicted octanol–water partition coefficient (Wildman–Crippen LogP) is 4.69. The molecule has 0 spiro atoms. The van der Waals surface area contributed by atoms with Crippen molar-refractivity contribution in [1.82, 2.24) is 15.0 Å². The molecule has 4 rings (SSSR count). The molecule has 1 amide bonds. The van der Waals surface area contributed by atoms with Crippen molar-refractivity contribution in [2.75, 3.05) is 7.05 Å². The van der Waals surface area contributed by atoms with Gasteiger partial charge in [-0.05, 0) is 68.0 Å². The second-order valence-corrected chi connectivity index (χ2v) is 8.05. The molecule has 156 valence electrons. The van der Waals surface area contributed by atoms with Gasteiger partial charge in [0, 0.05) is 17.6 Å². The topological polar surface area (TPSA) is 68.5 Å². The zero-order valence-corrected chi connectivity index (χ0v) is 17.9. The molecule has 0 bridgehead atoms. The fraction of sp³-hybridized carbons (Fsp3) is 0.348. The highest BCUT2D eigenvalue weighted by molar-refractivity contribution is 6.30. The molecule has 0 N–H and O–H groups in total. The van der Waals surface area contributed by atoms with Gasteiger partial charge in [-0.15, -0.1) is 0 Å². The van der Waals surface area contributed by atoms with Crippen LogP contribution in [0.25, 0.3) is 11.4 Å². The molecule has 2 aromatic carbocycles. The van der Waals surface area contributed by atoms with Gasteiger partial charge in [0.15, 0.2) is 6.10 Å². The van der Waals surface area contributed by atoms with Crippen molar-refractivity contribution in [1.29, 1.82) is 0 Å². The van der Waals surface area contributed by atoms with Gasteiger partial charge in [0.2, 0.25) is 11.7 Å². The lowest BCUT2D eigenvalue weighted by Gasteiger charge is -2.22. The number of carbonyl (C=O) groups excluding carboxylic acids is 1. The summed E-state index contributed by atoms with van der Waals surface area (Å²) in [7, 11) is 1.69. The van der Waals surface area contributed by atoms with Crippen LogP contribution in [0.15, 0.2) is 47.0 Å². The van der Waals surface area contributed by atoms with Gasteiger partial charge in [-0.25, -0.2) is 0 Å². The SMILES string of the molecule is C[C@H](Oc1ccc2c(c1)CCCC2)C(=O)N(C)Cc1nc(-c2cccc(Cl)c2)no1. The first-order chi connectivity index (χ1) is 14.5. The van der Waals surface area contributed by atoms with Gasteiger partial charge < -0.3 is 14.2 Å². The van der Waals surface area contributed by atoms with Crippen LogP contribution in [0, 0.1) is 0 Å². The number of carbonyl (C=O) groups is 1. The van der Waals surface area contributed by atoms with Crippen LogP contribution >= 0.6 is 11.6 Å². The molecule has 0 saturated carbocycles. The van der Waals surface area contributed by atoms with E-state index in [-0.39, 0.29) is 12.5 Å². The third kappa shape index (κ3) is 4.65. The van der Waals surface area contributed by atoms with E-state index in [4.69, 9.17) is 20.9 Å². The molecule has 7 heteroatoms. The van der Waals surface area contributed by atoms with Crippen molar-refractivity contribution in [3.05, 3.63) is 64.5 Å². The molecule has 1 heterocycles. The number of halogens is 1. The van der Waals surface area contributed by atoms with Crippen LogP contribution in [0.4, 0.5) is 0 Å². The van der Waals surface area contributed by atoms with Crippen LogP contribution < -0.4 is 4.74 Å². The van der Waals surface area contributed by atoms with Gasteiger partial charge >= 0.3 is 0 Å². The van der Waals surface area contributed by atoms with Crippen LogP contribution in [-0.4, -0.2) is 34.1 Å². The van der Waals surface area contributed by atoms with E-state index in [0.29, 0.717) is 16.7 Å². The standard InChI is InChI=1S/C23H24ClN3O3/c1-15(29-20-11-10-16-6-3-4-7-17(16)13-20)23(28)27(2)14-21-25-22(26-30-21)18-8-5-9-19(24)12-18/h5,8-13,15H,3-4,6-7,14H2,1-2H3/t15-/m0/s1. The van der Waals surface area contributed by atoms with Gasteiger partial charge in [-0.3, -0.25) is 4.79 Å². The number of amides is 1. The smallest absolute Gasteiger partial charge is 0.263 e. The van der Waals surface area contributed by atoms with Crippen molar-refractivity contribution < 1.29 is 14.1 Å². The second kappa shape index (κ2) is 8.88. The van der Waals surface area contributed by atoms with E-state index in [0.717, 1.165) is 24.2 Å². The molecule has 1 aromatic heterocycles. The Labute approximate surface area is 180 Å². The number of nitrogens with zero attached hydrogens (tertiary/aromatic N) is 3. The largest absolute Gasteiger partial charge is 0.481 e. The zero-order valence-electron chi connectivity index (χ0n) is 17.1. The molecule has 0 unspecified atom stereocenters. The lowest BCUT2D eigenvalue weighted by molar-refractivity contribution is -0.137. The highest BCUT2D eigenvalue weighted by atomic mass is 35.5. The molecule has 0 fully saturated rings. The average molecular weight is 426 g/mol. The number of rotatable bonds is 6. The fourth-order valence-corrected chi connectivity index (χ4v) is 3.88. The predicted molar refractivity (Wildman–Crippen MR) is 114 cm³/mol. The van der Waals surface area contributed by atoms with Gasteiger partial charge in [0.05, 0.1) is 6.54 Å². The number of likely N-dealkylation sites (N-methyl/N-ethyl adjacent to an activating group) is 1. The van der Waals surface area contributed by atoms with Crippen molar-refractivity contribution >= 4 is 17.5 Å². The fourth-order valence-electron chi connectivity index (χ4n) is 3.69. The summed E-state index contributed by atoms with van der Waals surface area (Å²) in [5, 5.41) is 4.58. The number of benzene rings is 2. The molecule has 1 aliphatic carbocycles. The van der Waals surface area contributed by atoms with E-state index >= 15 is 0 Å². The summed E-state index contributed by atoms with van der Waals surface area (Å²) in [6.45, 7) is 1.95. The Hall–Kier alpha value is -2.86. The summed E-state index contributed by atoms with van der Waals surface area (Å²) in [4.78, 5) is 18.6. The molecule has 30 heavy (non-hydrogen) atoms. The Balaban J connectivity index is 1.37. The van der Waals surface area contributed by atoms with Gasteiger partial charge in [-0.2, -0.15) is 4.98 Å². The summed E-state index contributed by atoms with van der Waals surface area (Å²) >= 11 is 6.01. The first kappa shape index (κ1) is 20.4. The van der Waals surface area contributed by atoms with Crippen LogP contribution in [0.3, 0.4) is 0 Å². The molecule has 1 aliphatic rings. The van der Waals surface area contributed by atoms with Crippen molar-refractivity contribution in [3.8, 4) is 17.1 Å². The van der Waals surface area contributed by atoms with Crippen LogP contribution in [-0.2, 0) is 24.2 Å². The number of aromatic nitrogens is 2. The average Bonchev–Trinajstić information content (AvgIpc) is 3.21. The van der Waals surface area contributed by atoms with Crippen molar-refractivity contribution in [2.24, 2.45) is 0 Å². The minimum atomic E-state index is -0.619. The number of hydrogen-bond donors (Lipinski definition) is 0. The first-order valence-electron chi connectivity index (χ1n) is 10.1. The summed E-state index contributed by atoms with van der Waals surface area (Å²) in [6.07, 6.45) is 4.01. The molecular weight excluding hydrogens is 402 g/mol. The van der Waals surface area contributed by atoms with Gasteiger partial charge in [-0.1, -0.05) is 35.0 Å². The highest BCUT2D eigenvalue weighted by Gasteiger charge is 2.22. The molecule has 0 aliphatic heterocycles. The molecule has 0 saturated heterocycles. The van der Waals surface area contributed by atoms with Gasteiger partial charge in [0.1, 0.15) is 5.75 Å². The Kier molecular flexibility index (Phi) is 6.04. The van der Waals surface area contributed by atoms with Gasteiger partial charge in [0.25, 0.3) is 5.91 Å². The van der Waals surface area contributed by atoms with Crippen molar-refractivity contribution in [2.45, 2.75) is 45.3 Å². The zero-order chi connectivity index (χ0) is 21.1. The summed E-state index contributed by atoms with van der Waals surface area (Å²) in [6, 6.07) is 13.3. The maximum Gasteiger partial charge on any atom is 0.263 e. The number of aryl methyl sites for hydroxylation is 2.